The van der Waals surface area contributed by atoms with E-state index in [2.05, 4.69) is 34.4 Å². The summed E-state index contributed by atoms with van der Waals surface area (Å²) in [5.74, 6) is 1.76. The number of nitrogens with one attached hydrogen (secondary N) is 2. The fourth-order valence-electron chi connectivity index (χ4n) is 3.04. The zero-order valence-corrected chi connectivity index (χ0v) is 17.4. The van der Waals surface area contributed by atoms with Crippen molar-refractivity contribution in [3.63, 3.8) is 0 Å². The lowest BCUT2D eigenvalue weighted by Gasteiger charge is -2.33. The topological polar surface area (TPSA) is 52.8 Å². The fourth-order valence-corrected chi connectivity index (χ4v) is 3.04. The second kappa shape index (κ2) is 12.6. The van der Waals surface area contributed by atoms with Gasteiger partial charge in [0.2, 0.25) is 0 Å². The fraction of sp³-hybridized carbons (Fsp3) is 0.722. The Hall–Kier alpha value is -0.760. The Morgan fingerprint density at radius 2 is 2.21 bits per heavy atom. The third kappa shape index (κ3) is 7.88. The molecule has 6 heteroatoms. The Kier molecular flexibility index (Phi) is 11.2. The highest BCUT2D eigenvalue weighted by Crippen LogP contribution is 2.16. The van der Waals surface area contributed by atoms with E-state index in [0.29, 0.717) is 6.54 Å². The van der Waals surface area contributed by atoms with E-state index in [1.807, 2.05) is 12.1 Å². The lowest BCUT2D eigenvalue weighted by atomic mass is 10.0. The van der Waals surface area contributed by atoms with E-state index in [-0.39, 0.29) is 24.0 Å². The number of furan rings is 1. The van der Waals surface area contributed by atoms with Crippen molar-refractivity contribution in [1.82, 2.24) is 15.5 Å². The standard InChI is InChI=1S/C18H32N4O.HI/c1-3-19-18(21-15-17-10-8-14-23-17)20-11-5-7-13-22-12-6-4-9-16(22)2;/h8,10,14,16H,3-7,9,11-13,15H2,1-2H3,(H2,19,20,21);1H. The maximum Gasteiger partial charge on any atom is 0.191 e. The van der Waals surface area contributed by atoms with E-state index in [1.165, 1.54) is 45.2 Å². The predicted molar refractivity (Wildman–Crippen MR) is 111 cm³/mol. The summed E-state index contributed by atoms with van der Waals surface area (Å²) < 4.78 is 5.31. The van der Waals surface area contributed by atoms with Gasteiger partial charge in [-0.25, -0.2) is 4.99 Å². The molecule has 1 aliphatic heterocycles. The van der Waals surface area contributed by atoms with Crippen molar-refractivity contribution in [3.05, 3.63) is 24.2 Å². The molecule has 0 radical (unpaired) electrons. The maximum atomic E-state index is 5.31. The number of unbranched alkanes of at least 4 members (excludes halogenated alkanes) is 1. The van der Waals surface area contributed by atoms with Crippen LogP contribution in [-0.2, 0) is 6.54 Å². The van der Waals surface area contributed by atoms with Crippen molar-refractivity contribution < 1.29 is 4.42 Å². The molecule has 0 spiro atoms. The summed E-state index contributed by atoms with van der Waals surface area (Å²) in [5, 5.41) is 6.69. The van der Waals surface area contributed by atoms with Crippen LogP contribution in [0.25, 0.3) is 0 Å². The Morgan fingerprint density at radius 1 is 1.33 bits per heavy atom. The van der Waals surface area contributed by atoms with E-state index in [1.54, 1.807) is 6.26 Å². The number of rotatable bonds is 8. The molecule has 0 aliphatic carbocycles. The van der Waals surface area contributed by atoms with Gasteiger partial charge < -0.3 is 20.0 Å². The summed E-state index contributed by atoms with van der Waals surface area (Å²) in [6, 6.07) is 4.61. The molecule has 1 unspecified atom stereocenters. The van der Waals surface area contributed by atoms with Crippen LogP contribution in [0.2, 0.25) is 0 Å². The van der Waals surface area contributed by atoms with Gasteiger partial charge in [0.25, 0.3) is 0 Å². The summed E-state index contributed by atoms with van der Waals surface area (Å²) in [6.45, 7) is 9.36. The van der Waals surface area contributed by atoms with Crippen LogP contribution in [-0.4, -0.2) is 43.1 Å². The predicted octanol–water partition coefficient (Wildman–Crippen LogP) is 3.61. The van der Waals surface area contributed by atoms with Crippen LogP contribution in [0.5, 0.6) is 0 Å². The highest BCUT2D eigenvalue weighted by atomic mass is 127. The van der Waals surface area contributed by atoms with Crippen molar-refractivity contribution in [2.45, 2.75) is 58.5 Å². The molecule has 1 fully saturated rings. The molecule has 1 aromatic heterocycles. The van der Waals surface area contributed by atoms with Crippen LogP contribution in [0.4, 0.5) is 0 Å². The molecule has 24 heavy (non-hydrogen) atoms. The van der Waals surface area contributed by atoms with Gasteiger partial charge in [0.05, 0.1) is 6.26 Å². The molecule has 1 aromatic rings. The van der Waals surface area contributed by atoms with Crippen LogP contribution >= 0.6 is 24.0 Å². The highest BCUT2D eigenvalue weighted by molar-refractivity contribution is 14.0. The molecule has 2 rings (SSSR count). The van der Waals surface area contributed by atoms with Gasteiger partial charge >= 0.3 is 0 Å². The van der Waals surface area contributed by atoms with E-state index < -0.39 is 0 Å². The summed E-state index contributed by atoms with van der Waals surface area (Å²) in [6.07, 6.45) is 8.24. The zero-order valence-electron chi connectivity index (χ0n) is 15.1. The summed E-state index contributed by atoms with van der Waals surface area (Å²) >= 11 is 0. The van der Waals surface area contributed by atoms with Crippen molar-refractivity contribution in [1.29, 1.82) is 0 Å². The van der Waals surface area contributed by atoms with Crippen molar-refractivity contribution >= 4 is 29.9 Å². The molecule has 0 bridgehead atoms. The minimum absolute atomic E-state index is 0. The second-order valence-electron chi connectivity index (χ2n) is 6.29. The molecule has 2 N–H and O–H groups in total. The van der Waals surface area contributed by atoms with Gasteiger partial charge in [-0.3, -0.25) is 0 Å². The van der Waals surface area contributed by atoms with Crippen LogP contribution in [0.1, 0.15) is 51.7 Å². The highest BCUT2D eigenvalue weighted by Gasteiger charge is 2.16. The molecule has 0 aromatic carbocycles. The number of guanidine groups is 1. The molecule has 0 saturated carbocycles. The summed E-state index contributed by atoms with van der Waals surface area (Å²) in [7, 11) is 0. The minimum atomic E-state index is 0. The number of halogens is 1. The van der Waals surface area contributed by atoms with Gasteiger partial charge in [-0.2, -0.15) is 0 Å². The van der Waals surface area contributed by atoms with Gasteiger partial charge in [-0.05, 0) is 64.8 Å². The number of likely N-dealkylation sites (tertiary alicyclic amines) is 1. The number of nitrogens with zero attached hydrogens (tertiary/aromatic N) is 2. The first-order valence-corrected chi connectivity index (χ1v) is 9.08. The Labute approximate surface area is 163 Å². The van der Waals surface area contributed by atoms with Crippen molar-refractivity contribution in [2.24, 2.45) is 4.99 Å². The molecule has 1 atom stereocenters. The molecule has 0 amide bonds. The van der Waals surface area contributed by atoms with Crippen molar-refractivity contribution in [2.75, 3.05) is 26.2 Å². The van der Waals surface area contributed by atoms with Crippen LogP contribution < -0.4 is 10.6 Å². The van der Waals surface area contributed by atoms with Crippen LogP contribution in [0.15, 0.2) is 27.8 Å². The third-order valence-electron chi connectivity index (χ3n) is 4.42. The monoisotopic (exact) mass is 448 g/mol. The number of hydrogen-bond acceptors (Lipinski definition) is 3. The van der Waals surface area contributed by atoms with Crippen LogP contribution in [0, 0.1) is 0 Å². The first kappa shape index (κ1) is 21.3. The second-order valence-corrected chi connectivity index (χ2v) is 6.29. The normalized spacial score (nSPS) is 18.9. The van der Waals surface area contributed by atoms with Gasteiger partial charge in [0.15, 0.2) is 5.96 Å². The lowest BCUT2D eigenvalue weighted by Crippen LogP contribution is -2.39. The summed E-state index contributed by atoms with van der Waals surface area (Å²) in [4.78, 5) is 7.18. The lowest BCUT2D eigenvalue weighted by molar-refractivity contribution is 0.158. The number of piperidine rings is 1. The van der Waals surface area contributed by atoms with Crippen LogP contribution in [0.3, 0.4) is 0 Å². The molecule has 1 saturated heterocycles. The van der Waals surface area contributed by atoms with Gasteiger partial charge in [0.1, 0.15) is 12.3 Å². The quantitative estimate of drug-likeness (QED) is 0.276. The van der Waals surface area contributed by atoms with E-state index in [9.17, 15) is 0 Å². The van der Waals surface area contributed by atoms with Gasteiger partial charge in [-0.1, -0.05) is 6.42 Å². The maximum absolute atomic E-state index is 5.31. The average Bonchev–Trinajstić information content (AvgIpc) is 3.07. The first-order chi connectivity index (χ1) is 11.3. The smallest absolute Gasteiger partial charge is 0.191 e. The Balaban J connectivity index is 0.00000288. The van der Waals surface area contributed by atoms with Crippen molar-refractivity contribution in [3.8, 4) is 0 Å². The third-order valence-corrected chi connectivity index (χ3v) is 4.42. The van der Waals surface area contributed by atoms with Gasteiger partial charge in [-0.15, -0.1) is 24.0 Å². The van der Waals surface area contributed by atoms with E-state index in [0.717, 1.165) is 30.9 Å². The molecular weight excluding hydrogens is 415 g/mol. The molecule has 138 valence electrons. The minimum Gasteiger partial charge on any atom is -0.467 e. The first-order valence-electron chi connectivity index (χ1n) is 9.08. The molecule has 2 heterocycles. The van der Waals surface area contributed by atoms with E-state index in [4.69, 9.17) is 4.42 Å². The average molecular weight is 448 g/mol. The summed E-state index contributed by atoms with van der Waals surface area (Å²) in [5.41, 5.74) is 0. The number of aliphatic imine (C=N–C) groups is 1. The Bertz CT molecular complexity index is 450. The van der Waals surface area contributed by atoms with E-state index >= 15 is 0 Å². The molecule has 5 nitrogen and oxygen atoms in total. The SMILES string of the molecule is CCNC(=NCc1ccco1)NCCCCN1CCCCC1C.I. The van der Waals surface area contributed by atoms with Gasteiger partial charge in [0, 0.05) is 19.1 Å². The molecule has 1 aliphatic rings. The molecular formula is C18H33IN4O. The zero-order chi connectivity index (χ0) is 16.3. The largest absolute Gasteiger partial charge is 0.467 e. The Morgan fingerprint density at radius 3 is 2.92 bits per heavy atom. The number of hydrogen-bond donors (Lipinski definition) is 2.